The van der Waals surface area contributed by atoms with Gasteiger partial charge in [0.2, 0.25) is 5.91 Å². The fraction of sp³-hybridized carbons (Fsp3) is 0.500. The molecule has 4 heteroatoms. The first-order valence-electron chi connectivity index (χ1n) is 6.33. The van der Waals surface area contributed by atoms with Gasteiger partial charge < -0.3 is 15.8 Å². The van der Waals surface area contributed by atoms with Crippen molar-refractivity contribution in [2.24, 2.45) is 5.73 Å². The molecule has 1 heterocycles. The number of methoxy groups -OCH3 is 1. The van der Waals surface area contributed by atoms with Crippen molar-refractivity contribution in [1.82, 2.24) is 0 Å². The van der Waals surface area contributed by atoms with E-state index in [0.29, 0.717) is 6.42 Å². The van der Waals surface area contributed by atoms with Crippen LogP contribution < -0.4 is 15.8 Å². The molecule has 18 heavy (non-hydrogen) atoms. The van der Waals surface area contributed by atoms with Crippen LogP contribution in [0.5, 0.6) is 5.75 Å². The maximum absolute atomic E-state index is 11.5. The normalized spacial score (nSPS) is 21.2. The van der Waals surface area contributed by atoms with E-state index in [1.165, 1.54) is 5.56 Å². The summed E-state index contributed by atoms with van der Waals surface area (Å²) < 4.78 is 5.39. The molecule has 2 aliphatic rings. The van der Waals surface area contributed by atoms with Crippen LogP contribution in [0.3, 0.4) is 0 Å². The van der Waals surface area contributed by atoms with Gasteiger partial charge in [-0.25, -0.2) is 0 Å². The maximum atomic E-state index is 11.5. The summed E-state index contributed by atoms with van der Waals surface area (Å²) in [5, 5.41) is 2.85. The van der Waals surface area contributed by atoms with Gasteiger partial charge in [0.15, 0.2) is 0 Å². The van der Waals surface area contributed by atoms with E-state index in [-0.39, 0.29) is 17.4 Å². The van der Waals surface area contributed by atoms with Crippen molar-refractivity contribution in [2.45, 2.75) is 37.6 Å². The molecule has 1 saturated carbocycles. The minimum absolute atomic E-state index is 0.0334. The smallest absolute Gasteiger partial charge is 0.228 e. The van der Waals surface area contributed by atoms with E-state index >= 15 is 0 Å². The summed E-state index contributed by atoms with van der Waals surface area (Å²) in [7, 11) is 1.63. The van der Waals surface area contributed by atoms with Crippen molar-refractivity contribution in [3.63, 3.8) is 0 Å². The summed E-state index contributed by atoms with van der Waals surface area (Å²) in [6, 6.07) is 4.28. The predicted octanol–water partition coefficient (Wildman–Crippen LogP) is 1.57. The molecule has 0 radical (unpaired) electrons. The van der Waals surface area contributed by atoms with E-state index in [1.54, 1.807) is 7.11 Å². The highest BCUT2D eigenvalue weighted by Gasteiger charge is 2.48. The lowest BCUT2D eigenvalue weighted by molar-refractivity contribution is -0.115. The summed E-state index contributed by atoms with van der Waals surface area (Å²) in [4.78, 5) is 11.5. The van der Waals surface area contributed by atoms with Gasteiger partial charge >= 0.3 is 0 Å². The van der Waals surface area contributed by atoms with E-state index in [1.807, 2.05) is 6.07 Å². The van der Waals surface area contributed by atoms with Gasteiger partial charge in [0.25, 0.3) is 0 Å². The Morgan fingerprint density at radius 3 is 2.72 bits per heavy atom. The van der Waals surface area contributed by atoms with Gasteiger partial charge in [-0.1, -0.05) is 6.07 Å². The number of anilines is 1. The largest absolute Gasteiger partial charge is 0.495 e. The number of hydrogen-bond donors (Lipinski definition) is 2. The average molecular weight is 246 g/mol. The quantitative estimate of drug-likeness (QED) is 0.850. The molecule has 0 bridgehead atoms. The fourth-order valence-electron chi connectivity index (χ4n) is 2.90. The zero-order valence-corrected chi connectivity index (χ0v) is 10.7. The third-order valence-electron chi connectivity index (χ3n) is 4.25. The lowest BCUT2D eigenvalue weighted by atomic mass is 9.88. The minimum atomic E-state index is 0.0334. The number of nitrogens with one attached hydrogen (secondary N) is 1. The first kappa shape index (κ1) is 11.5. The van der Waals surface area contributed by atoms with E-state index in [4.69, 9.17) is 10.5 Å². The summed E-state index contributed by atoms with van der Waals surface area (Å²) in [6.45, 7) is 2.05. The predicted molar refractivity (Wildman–Crippen MR) is 69.9 cm³/mol. The Labute approximate surface area is 107 Å². The fourth-order valence-corrected chi connectivity index (χ4v) is 2.90. The van der Waals surface area contributed by atoms with Crippen LogP contribution in [-0.4, -0.2) is 19.1 Å². The Morgan fingerprint density at radius 2 is 2.17 bits per heavy atom. The molecule has 1 amide bonds. The van der Waals surface area contributed by atoms with Gasteiger partial charge in [0.05, 0.1) is 19.2 Å². The molecule has 1 aromatic carbocycles. The highest BCUT2D eigenvalue weighted by Crippen LogP contribution is 2.52. The summed E-state index contributed by atoms with van der Waals surface area (Å²) in [5.41, 5.74) is 9.26. The Kier molecular flexibility index (Phi) is 2.38. The molecule has 1 fully saturated rings. The average Bonchev–Trinajstić information content (AvgIpc) is 3.05. The number of hydrogen-bond acceptors (Lipinski definition) is 3. The van der Waals surface area contributed by atoms with Crippen LogP contribution >= 0.6 is 0 Å². The standard InChI is InChI=1S/C14H18N2O2/c1-8(15)14(3-4-14)10-5-9-6-12(17)16-13(9)11(7-10)18-2/h5,7-8H,3-4,6,15H2,1-2H3,(H,16,17). The lowest BCUT2D eigenvalue weighted by Crippen LogP contribution is -2.31. The zero-order chi connectivity index (χ0) is 12.9. The van der Waals surface area contributed by atoms with Crippen LogP contribution in [-0.2, 0) is 16.6 Å². The van der Waals surface area contributed by atoms with E-state index in [0.717, 1.165) is 29.8 Å². The molecule has 96 valence electrons. The molecule has 1 aliphatic heterocycles. The molecule has 0 aromatic heterocycles. The van der Waals surface area contributed by atoms with Crippen molar-refractivity contribution in [3.8, 4) is 5.75 Å². The number of nitrogens with two attached hydrogens (primary N) is 1. The second kappa shape index (κ2) is 3.72. The van der Waals surface area contributed by atoms with Crippen molar-refractivity contribution in [1.29, 1.82) is 0 Å². The van der Waals surface area contributed by atoms with Crippen LogP contribution in [0.4, 0.5) is 5.69 Å². The third-order valence-corrected chi connectivity index (χ3v) is 4.25. The highest BCUT2D eigenvalue weighted by atomic mass is 16.5. The van der Waals surface area contributed by atoms with Crippen LogP contribution in [0.1, 0.15) is 30.9 Å². The molecule has 0 spiro atoms. The number of amides is 1. The molecule has 1 unspecified atom stereocenters. The molecular weight excluding hydrogens is 228 g/mol. The molecule has 0 saturated heterocycles. The number of fused-ring (bicyclic) bond motifs is 1. The first-order valence-corrected chi connectivity index (χ1v) is 6.33. The maximum Gasteiger partial charge on any atom is 0.228 e. The van der Waals surface area contributed by atoms with Crippen LogP contribution in [0, 0.1) is 0 Å². The number of carbonyl (C=O) groups excluding carboxylic acids is 1. The lowest BCUT2D eigenvalue weighted by Gasteiger charge is -2.22. The van der Waals surface area contributed by atoms with Gasteiger partial charge in [-0.2, -0.15) is 0 Å². The van der Waals surface area contributed by atoms with Gasteiger partial charge in [-0.15, -0.1) is 0 Å². The second-order valence-corrected chi connectivity index (χ2v) is 5.38. The highest BCUT2D eigenvalue weighted by molar-refractivity contribution is 6.01. The number of carbonyl (C=O) groups is 1. The third kappa shape index (κ3) is 1.52. The Hall–Kier alpha value is -1.55. The molecule has 1 atom stereocenters. The van der Waals surface area contributed by atoms with Gasteiger partial charge in [-0.05, 0) is 37.0 Å². The molecular formula is C14H18N2O2. The molecule has 4 nitrogen and oxygen atoms in total. The van der Waals surface area contributed by atoms with Gasteiger partial charge in [0, 0.05) is 11.5 Å². The van der Waals surface area contributed by atoms with Crippen LogP contribution in [0.25, 0.3) is 0 Å². The van der Waals surface area contributed by atoms with E-state index in [2.05, 4.69) is 18.3 Å². The van der Waals surface area contributed by atoms with Crippen molar-refractivity contribution in [2.75, 3.05) is 12.4 Å². The summed E-state index contributed by atoms with van der Waals surface area (Å²) in [6.07, 6.45) is 2.68. The van der Waals surface area contributed by atoms with Gasteiger partial charge in [0.1, 0.15) is 5.75 Å². The molecule has 1 aliphatic carbocycles. The number of benzene rings is 1. The van der Waals surface area contributed by atoms with Crippen LogP contribution in [0.2, 0.25) is 0 Å². The van der Waals surface area contributed by atoms with Crippen LogP contribution in [0.15, 0.2) is 12.1 Å². The SMILES string of the molecule is COc1cc(C2(C(C)N)CC2)cc2c1NC(=O)C2. The van der Waals surface area contributed by atoms with Crippen molar-refractivity contribution < 1.29 is 9.53 Å². The summed E-state index contributed by atoms with van der Waals surface area (Å²) in [5.74, 6) is 0.784. The number of ether oxygens (including phenoxy) is 1. The molecule has 3 N–H and O–H groups in total. The monoisotopic (exact) mass is 246 g/mol. The topological polar surface area (TPSA) is 64.3 Å². The van der Waals surface area contributed by atoms with Crippen molar-refractivity contribution >= 4 is 11.6 Å². The molecule has 1 aromatic rings. The van der Waals surface area contributed by atoms with E-state index < -0.39 is 0 Å². The first-order chi connectivity index (χ1) is 8.56. The Morgan fingerprint density at radius 1 is 1.44 bits per heavy atom. The second-order valence-electron chi connectivity index (χ2n) is 5.38. The number of rotatable bonds is 3. The van der Waals surface area contributed by atoms with Crippen molar-refractivity contribution in [3.05, 3.63) is 23.3 Å². The van der Waals surface area contributed by atoms with Gasteiger partial charge in [-0.3, -0.25) is 4.79 Å². The Bertz CT molecular complexity index is 519. The van der Waals surface area contributed by atoms with E-state index in [9.17, 15) is 4.79 Å². The summed E-state index contributed by atoms with van der Waals surface area (Å²) >= 11 is 0. The minimum Gasteiger partial charge on any atom is -0.495 e. The molecule has 3 rings (SSSR count). The Balaban J connectivity index is 2.09. The zero-order valence-electron chi connectivity index (χ0n) is 10.7.